The van der Waals surface area contributed by atoms with E-state index in [0.717, 1.165) is 12.5 Å². The van der Waals surface area contributed by atoms with Gasteiger partial charge in [-0.05, 0) is 34.5 Å². The number of fused-ring (bicyclic) bond motifs is 3. The summed E-state index contributed by atoms with van der Waals surface area (Å²) in [7, 11) is 0. The molecule has 2 aromatic rings. The summed E-state index contributed by atoms with van der Waals surface area (Å²) in [5.74, 6) is 0. The van der Waals surface area contributed by atoms with Crippen LogP contribution in [-0.2, 0) is 6.18 Å². The van der Waals surface area contributed by atoms with Crippen molar-refractivity contribution >= 4 is 39.1 Å². The van der Waals surface area contributed by atoms with Crippen LogP contribution in [0.5, 0.6) is 0 Å². The van der Waals surface area contributed by atoms with Crippen LogP contribution in [0.2, 0.25) is 0 Å². The van der Waals surface area contributed by atoms with E-state index in [1.807, 2.05) is 0 Å². The Hall–Kier alpha value is -1.97. The number of amides is 1. The average molecular weight is 406 g/mol. The molecule has 1 aromatic carbocycles. The molecule has 0 saturated carbocycles. The molecule has 128 valence electrons. The minimum atomic E-state index is -4.53. The second-order valence-electron chi connectivity index (χ2n) is 5.91. The van der Waals surface area contributed by atoms with Gasteiger partial charge in [0.1, 0.15) is 5.52 Å². The van der Waals surface area contributed by atoms with Crippen molar-refractivity contribution in [2.45, 2.75) is 24.7 Å². The highest BCUT2D eigenvalue weighted by atomic mass is 79.9. The number of hydrogen-bond acceptors (Lipinski definition) is 4. The molecule has 3 aliphatic heterocycles. The van der Waals surface area contributed by atoms with Crippen molar-refractivity contribution in [2.75, 3.05) is 18.0 Å². The molecule has 3 aliphatic rings. The van der Waals surface area contributed by atoms with E-state index in [-0.39, 0.29) is 29.2 Å². The molecule has 5 rings (SSSR count). The van der Waals surface area contributed by atoms with Crippen LogP contribution in [0.15, 0.2) is 21.0 Å². The minimum absolute atomic E-state index is 0.0363. The number of rotatable bonds is 1. The van der Waals surface area contributed by atoms with Crippen molar-refractivity contribution in [3.63, 3.8) is 0 Å². The molecule has 4 heterocycles. The summed E-state index contributed by atoms with van der Waals surface area (Å²) in [6.45, 7) is 0.711. The van der Waals surface area contributed by atoms with E-state index >= 15 is 0 Å². The van der Waals surface area contributed by atoms with Gasteiger partial charge in [0.2, 0.25) is 0 Å². The molecule has 0 radical (unpaired) electrons. The van der Waals surface area contributed by atoms with Crippen LogP contribution < -0.4 is 4.90 Å². The van der Waals surface area contributed by atoms with E-state index in [2.05, 4.69) is 20.9 Å². The third-order valence-electron chi connectivity index (χ3n) is 4.47. The van der Waals surface area contributed by atoms with Gasteiger partial charge in [0, 0.05) is 13.1 Å². The van der Waals surface area contributed by atoms with Gasteiger partial charge in [-0.15, -0.1) is 0 Å². The molecule has 10 heteroatoms. The van der Waals surface area contributed by atoms with E-state index in [1.165, 1.54) is 11.0 Å². The van der Waals surface area contributed by atoms with Crippen molar-refractivity contribution in [1.29, 1.82) is 0 Å². The molecule has 1 aromatic heterocycles. The lowest BCUT2D eigenvalue weighted by molar-refractivity contribution is -0.136. The van der Waals surface area contributed by atoms with Crippen molar-refractivity contribution in [3.05, 3.63) is 22.2 Å². The second-order valence-corrected chi connectivity index (χ2v) is 6.76. The van der Waals surface area contributed by atoms with Crippen molar-refractivity contribution in [2.24, 2.45) is 0 Å². The molecule has 2 atom stereocenters. The van der Waals surface area contributed by atoms with E-state index in [0.29, 0.717) is 17.6 Å². The molecule has 3 saturated heterocycles. The maximum atomic E-state index is 13.1. The summed E-state index contributed by atoms with van der Waals surface area (Å²) in [5.41, 5.74) is -1.07. The Morgan fingerprint density at radius 1 is 1.33 bits per heavy atom. The summed E-state index contributed by atoms with van der Waals surface area (Å²) in [6.07, 6.45) is -4.76. The first kappa shape index (κ1) is 15.6. The highest BCUT2D eigenvalue weighted by Gasteiger charge is 2.48. The number of alkyl halides is 3. The predicted octanol–water partition coefficient (Wildman–Crippen LogP) is 3.55. The number of piperidine rings is 1. The van der Waals surface area contributed by atoms with Gasteiger partial charge in [0.05, 0.1) is 22.1 Å². The summed E-state index contributed by atoms with van der Waals surface area (Å²) in [6, 6.07) is 1.96. The van der Waals surface area contributed by atoms with Gasteiger partial charge in [-0.25, -0.2) is 4.79 Å². The number of benzene rings is 1. The molecular formula is C14H11BrF3N3O3. The Morgan fingerprint density at radius 2 is 2.00 bits per heavy atom. The van der Waals surface area contributed by atoms with Crippen molar-refractivity contribution in [3.8, 4) is 0 Å². The highest BCUT2D eigenvalue weighted by Crippen LogP contribution is 2.40. The number of oxazole rings is 1. The highest BCUT2D eigenvalue weighted by molar-refractivity contribution is 9.10. The third kappa shape index (κ3) is 2.23. The number of carbonyl (C=O) groups is 1. The fraction of sp³-hybridized carbons (Fsp3) is 0.429. The van der Waals surface area contributed by atoms with Gasteiger partial charge in [-0.2, -0.15) is 18.2 Å². The fourth-order valence-corrected chi connectivity index (χ4v) is 3.81. The lowest BCUT2D eigenvalue weighted by atomic mass is 9.88. The second kappa shape index (κ2) is 5.01. The van der Waals surface area contributed by atoms with Gasteiger partial charge < -0.3 is 14.4 Å². The first-order chi connectivity index (χ1) is 11.3. The van der Waals surface area contributed by atoms with Crippen LogP contribution in [0.1, 0.15) is 12.0 Å². The molecule has 6 nitrogen and oxygen atoms in total. The Labute approximate surface area is 142 Å². The van der Waals surface area contributed by atoms with Crippen LogP contribution >= 0.6 is 15.9 Å². The van der Waals surface area contributed by atoms with Crippen LogP contribution in [0.4, 0.5) is 24.0 Å². The fourth-order valence-electron chi connectivity index (χ4n) is 3.41. The molecule has 2 unspecified atom stereocenters. The molecule has 0 spiro atoms. The largest absolute Gasteiger partial charge is 0.465 e. The van der Waals surface area contributed by atoms with Crippen LogP contribution in [0.3, 0.4) is 0 Å². The van der Waals surface area contributed by atoms with Crippen LogP contribution in [0.25, 0.3) is 11.1 Å². The SMILES string of the molecule is O=C(O)N1C2CC1CN(c1nc3c(C(F)(F)F)ccc(Br)c3o1)C2. The standard InChI is InChI=1S/C14H11BrF3N3O3/c15-9-2-1-8(14(16,17)18)10-11(9)24-12(19-10)20-4-6-3-7(5-20)21(6)13(22)23/h1-2,6-7H,3-5H2,(H,22,23). The van der Waals surface area contributed by atoms with Crippen LogP contribution in [0, 0.1) is 0 Å². The van der Waals surface area contributed by atoms with E-state index in [1.54, 1.807) is 4.90 Å². The van der Waals surface area contributed by atoms with Crippen molar-refractivity contribution in [1.82, 2.24) is 9.88 Å². The zero-order valence-electron chi connectivity index (χ0n) is 12.0. The maximum absolute atomic E-state index is 13.1. The Morgan fingerprint density at radius 3 is 2.58 bits per heavy atom. The predicted molar refractivity (Wildman–Crippen MR) is 81.0 cm³/mol. The minimum Gasteiger partial charge on any atom is -0.465 e. The molecule has 1 N–H and O–H groups in total. The molecule has 24 heavy (non-hydrogen) atoms. The monoisotopic (exact) mass is 405 g/mol. The number of carboxylic acid groups (broad SMARTS) is 1. The number of halogens is 4. The van der Waals surface area contributed by atoms with E-state index in [9.17, 15) is 18.0 Å². The lowest BCUT2D eigenvalue weighted by Crippen LogP contribution is -2.70. The summed E-state index contributed by atoms with van der Waals surface area (Å²) < 4.78 is 45.3. The van der Waals surface area contributed by atoms with Gasteiger partial charge in [0.15, 0.2) is 5.58 Å². The Bertz CT molecular complexity index is 826. The van der Waals surface area contributed by atoms with E-state index in [4.69, 9.17) is 9.52 Å². The molecule has 1 amide bonds. The number of piperazine rings is 1. The first-order valence-corrected chi connectivity index (χ1v) is 7.97. The third-order valence-corrected chi connectivity index (χ3v) is 5.10. The van der Waals surface area contributed by atoms with Gasteiger partial charge >= 0.3 is 12.3 Å². The summed E-state index contributed by atoms with van der Waals surface area (Å²) in [4.78, 5) is 18.2. The maximum Gasteiger partial charge on any atom is 0.418 e. The Kier molecular flexibility index (Phi) is 3.25. The smallest absolute Gasteiger partial charge is 0.418 e. The molecule has 2 bridgehead atoms. The zero-order chi connectivity index (χ0) is 17.2. The van der Waals surface area contributed by atoms with Crippen LogP contribution in [-0.4, -0.2) is 46.3 Å². The summed E-state index contributed by atoms with van der Waals surface area (Å²) in [5, 5.41) is 9.11. The quantitative estimate of drug-likeness (QED) is 0.785. The molecule has 0 aliphatic carbocycles. The van der Waals surface area contributed by atoms with Gasteiger partial charge in [-0.3, -0.25) is 4.90 Å². The molecule has 3 fully saturated rings. The number of aromatic nitrogens is 1. The van der Waals surface area contributed by atoms with E-state index < -0.39 is 17.8 Å². The zero-order valence-corrected chi connectivity index (χ0v) is 13.6. The van der Waals surface area contributed by atoms with Gasteiger partial charge in [-0.1, -0.05) is 0 Å². The average Bonchev–Trinajstić information content (AvgIpc) is 2.91. The lowest BCUT2D eigenvalue weighted by Gasteiger charge is -2.54. The number of nitrogens with zero attached hydrogens (tertiary/aromatic N) is 3. The summed E-state index contributed by atoms with van der Waals surface area (Å²) >= 11 is 3.18. The Balaban J connectivity index is 1.70. The molecular weight excluding hydrogens is 395 g/mol. The normalized spacial score (nSPS) is 23.5. The van der Waals surface area contributed by atoms with Gasteiger partial charge in [0.25, 0.3) is 6.01 Å². The topological polar surface area (TPSA) is 69.8 Å². The number of hydrogen-bond donors (Lipinski definition) is 1. The first-order valence-electron chi connectivity index (χ1n) is 7.18. The number of anilines is 1. The van der Waals surface area contributed by atoms with Crippen molar-refractivity contribution < 1.29 is 27.5 Å².